The first-order chi connectivity index (χ1) is 8.58. The van der Waals surface area contributed by atoms with E-state index in [1.54, 1.807) is 24.3 Å². The van der Waals surface area contributed by atoms with Crippen molar-refractivity contribution in [3.63, 3.8) is 0 Å². The molecule has 0 bridgehead atoms. The van der Waals surface area contributed by atoms with Crippen LogP contribution in [0.1, 0.15) is 26.2 Å². The average molecular weight is 251 g/mol. The Bertz CT molecular complexity index is 417. The molecule has 1 amide bonds. The lowest BCUT2D eigenvalue weighted by Crippen LogP contribution is -2.06. The second kappa shape index (κ2) is 7.32. The lowest BCUT2D eigenvalue weighted by atomic mass is 10.2. The number of carboxylic acid groups (broad SMARTS) is 1. The maximum Gasteiger partial charge on any atom is 0.303 e. The molecule has 5 heteroatoms. The highest BCUT2D eigenvalue weighted by Crippen LogP contribution is 2.17. The maximum atomic E-state index is 10.9. The van der Waals surface area contributed by atoms with Gasteiger partial charge in [-0.1, -0.05) is 6.07 Å². The summed E-state index contributed by atoms with van der Waals surface area (Å²) in [6, 6.07) is 7.09. The van der Waals surface area contributed by atoms with Crippen LogP contribution in [0.4, 0.5) is 5.69 Å². The van der Waals surface area contributed by atoms with Crippen molar-refractivity contribution in [3.05, 3.63) is 24.3 Å². The van der Waals surface area contributed by atoms with Crippen molar-refractivity contribution in [2.24, 2.45) is 0 Å². The van der Waals surface area contributed by atoms with Crippen molar-refractivity contribution in [2.75, 3.05) is 11.9 Å². The molecule has 2 N–H and O–H groups in total. The third-order valence-corrected chi connectivity index (χ3v) is 2.21. The van der Waals surface area contributed by atoms with Crippen LogP contribution in [0, 0.1) is 0 Å². The molecule has 1 rings (SSSR count). The average Bonchev–Trinajstić information content (AvgIpc) is 2.27. The van der Waals surface area contributed by atoms with Crippen molar-refractivity contribution in [1.29, 1.82) is 0 Å². The number of hydrogen-bond acceptors (Lipinski definition) is 3. The minimum Gasteiger partial charge on any atom is -0.494 e. The van der Waals surface area contributed by atoms with Gasteiger partial charge in [-0.15, -0.1) is 0 Å². The van der Waals surface area contributed by atoms with Gasteiger partial charge in [0.25, 0.3) is 0 Å². The van der Waals surface area contributed by atoms with Gasteiger partial charge in [0, 0.05) is 25.1 Å². The molecule has 0 fully saturated rings. The van der Waals surface area contributed by atoms with Gasteiger partial charge in [0.2, 0.25) is 5.91 Å². The second-order valence-electron chi connectivity index (χ2n) is 3.91. The Morgan fingerprint density at radius 1 is 1.33 bits per heavy atom. The molecular weight excluding hydrogens is 234 g/mol. The van der Waals surface area contributed by atoms with Crippen LogP contribution in [-0.4, -0.2) is 23.6 Å². The third kappa shape index (κ3) is 5.89. The van der Waals surface area contributed by atoms with Crippen LogP contribution in [0.3, 0.4) is 0 Å². The van der Waals surface area contributed by atoms with Crippen molar-refractivity contribution < 1.29 is 19.4 Å². The van der Waals surface area contributed by atoms with E-state index in [-0.39, 0.29) is 12.3 Å². The molecule has 0 heterocycles. The van der Waals surface area contributed by atoms with E-state index in [1.165, 1.54) is 6.92 Å². The summed E-state index contributed by atoms with van der Waals surface area (Å²) in [7, 11) is 0. The number of amides is 1. The van der Waals surface area contributed by atoms with E-state index in [0.29, 0.717) is 30.9 Å². The van der Waals surface area contributed by atoms with Gasteiger partial charge in [0.05, 0.1) is 6.61 Å². The van der Waals surface area contributed by atoms with E-state index in [0.717, 1.165) is 0 Å². The fraction of sp³-hybridized carbons (Fsp3) is 0.385. The summed E-state index contributed by atoms with van der Waals surface area (Å²) in [6.45, 7) is 1.91. The number of carboxylic acids is 1. The van der Waals surface area contributed by atoms with Crippen LogP contribution in [-0.2, 0) is 9.59 Å². The van der Waals surface area contributed by atoms with Crippen LogP contribution < -0.4 is 10.1 Å². The van der Waals surface area contributed by atoms with E-state index in [1.807, 2.05) is 0 Å². The van der Waals surface area contributed by atoms with Crippen LogP contribution in [0.2, 0.25) is 0 Å². The summed E-state index contributed by atoms with van der Waals surface area (Å²) in [5.41, 5.74) is 0.686. The van der Waals surface area contributed by atoms with E-state index in [4.69, 9.17) is 9.84 Å². The van der Waals surface area contributed by atoms with Gasteiger partial charge in [-0.05, 0) is 25.0 Å². The van der Waals surface area contributed by atoms with Gasteiger partial charge in [-0.25, -0.2) is 0 Å². The summed E-state index contributed by atoms with van der Waals surface area (Å²) in [5, 5.41) is 11.1. The molecular formula is C13H17NO4. The smallest absolute Gasteiger partial charge is 0.303 e. The first-order valence-corrected chi connectivity index (χ1v) is 5.80. The Balaban J connectivity index is 2.33. The first-order valence-electron chi connectivity index (χ1n) is 5.80. The number of unbranched alkanes of at least 4 members (excludes halogenated alkanes) is 1. The van der Waals surface area contributed by atoms with Crippen LogP contribution >= 0.6 is 0 Å². The van der Waals surface area contributed by atoms with Crippen molar-refractivity contribution >= 4 is 17.6 Å². The summed E-state index contributed by atoms with van der Waals surface area (Å²) in [4.78, 5) is 21.2. The molecule has 0 aliphatic rings. The topological polar surface area (TPSA) is 75.6 Å². The molecule has 5 nitrogen and oxygen atoms in total. The number of rotatable bonds is 7. The van der Waals surface area contributed by atoms with Crippen molar-refractivity contribution in [3.8, 4) is 5.75 Å². The zero-order valence-electron chi connectivity index (χ0n) is 10.3. The molecule has 1 aromatic rings. The molecule has 0 radical (unpaired) electrons. The highest BCUT2D eigenvalue weighted by Gasteiger charge is 2.00. The summed E-state index contributed by atoms with van der Waals surface area (Å²) in [6.07, 6.45) is 1.45. The number of carbonyl (C=O) groups excluding carboxylic acids is 1. The number of hydrogen-bond donors (Lipinski definition) is 2. The zero-order valence-corrected chi connectivity index (χ0v) is 10.3. The number of anilines is 1. The Labute approximate surface area is 106 Å². The van der Waals surface area contributed by atoms with Gasteiger partial charge < -0.3 is 15.2 Å². The summed E-state index contributed by atoms with van der Waals surface area (Å²) < 4.78 is 5.47. The minimum absolute atomic E-state index is 0.131. The molecule has 0 spiro atoms. The molecule has 98 valence electrons. The highest BCUT2D eigenvalue weighted by atomic mass is 16.5. The van der Waals surface area contributed by atoms with Crippen LogP contribution in [0.25, 0.3) is 0 Å². The van der Waals surface area contributed by atoms with Gasteiger partial charge in [0.1, 0.15) is 5.75 Å². The quantitative estimate of drug-likeness (QED) is 0.729. The van der Waals surface area contributed by atoms with Crippen molar-refractivity contribution in [1.82, 2.24) is 0 Å². The Morgan fingerprint density at radius 3 is 2.78 bits per heavy atom. The van der Waals surface area contributed by atoms with Crippen LogP contribution in [0.5, 0.6) is 5.75 Å². The molecule has 0 aliphatic heterocycles. The van der Waals surface area contributed by atoms with Gasteiger partial charge in [-0.3, -0.25) is 9.59 Å². The SMILES string of the molecule is CC(=O)Nc1cccc(OCCCCC(=O)O)c1. The number of nitrogens with one attached hydrogen (secondary N) is 1. The predicted molar refractivity (Wildman–Crippen MR) is 67.7 cm³/mol. The van der Waals surface area contributed by atoms with E-state index in [2.05, 4.69) is 5.32 Å². The Morgan fingerprint density at radius 2 is 2.11 bits per heavy atom. The molecule has 1 aromatic carbocycles. The molecule has 0 aromatic heterocycles. The predicted octanol–water partition coefficient (Wildman–Crippen LogP) is 2.28. The minimum atomic E-state index is -0.789. The lowest BCUT2D eigenvalue weighted by molar-refractivity contribution is -0.137. The number of carbonyl (C=O) groups is 2. The molecule has 0 aliphatic carbocycles. The zero-order chi connectivity index (χ0) is 13.4. The van der Waals surface area contributed by atoms with E-state index in [9.17, 15) is 9.59 Å². The maximum absolute atomic E-state index is 10.9. The number of benzene rings is 1. The number of ether oxygens (including phenoxy) is 1. The summed E-state index contributed by atoms with van der Waals surface area (Å²) >= 11 is 0. The van der Waals surface area contributed by atoms with Gasteiger partial charge in [0.15, 0.2) is 0 Å². The Hall–Kier alpha value is -2.04. The van der Waals surface area contributed by atoms with Gasteiger partial charge in [-0.2, -0.15) is 0 Å². The highest BCUT2D eigenvalue weighted by molar-refractivity contribution is 5.88. The van der Waals surface area contributed by atoms with Gasteiger partial charge >= 0.3 is 5.97 Å². The molecule has 18 heavy (non-hydrogen) atoms. The molecule has 0 atom stereocenters. The normalized spacial score (nSPS) is 9.83. The largest absolute Gasteiger partial charge is 0.494 e. The van der Waals surface area contributed by atoms with Crippen molar-refractivity contribution in [2.45, 2.75) is 26.2 Å². The fourth-order valence-electron chi connectivity index (χ4n) is 1.44. The second-order valence-corrected chi connectivity index (χ2v) is 3.91. The Kier molecular flexibility index (Phi) is 5.70. The molecule has 0 saturated carbocycles. The first kappa shape index (κ1) is 14.0. The van der Waals surface area contributed by atoms with E-state index >= 15 is 0 Å². The summed E-state index contributed by atoms with van der Waals surface area (Å²) in [5.74, 6) is -0.257. The third-order valence-electron chi connectivity index (χ3n) is 2.21. The molecule has 0 unspecified atom stereocenters. The van der Waals surface area contributed by atoms with E-state index < -0.39 is 5.97 Å². The fourth-order valence-corrected chi connectivity index (χ4v) is 1.44. The number of aliphatic carboxylic acids is 1. The lowest BCUT2D eigenvalue weighted by Gasteiger charge is -2.07. The molecule has 0 saturated heterocycles. The standard InChI is InChI=1S/C13H17NO4/c1-10(15)14-11-5-4-6-12(9-11)18-8-3-2-7-13(16)17/h4-6,9H,2-3,7-8H2,1H3,(H,14,15)(H,16,17). The monoisotopic (exact) mass is 251 g/mol. The van der Waals surface area contributed by atoms with Crippen LogP contribution in [0.15, 0.2) is 24.3 Å².